The van der Waals surface area contributed by atoms with Gasteiger partial charge in [-0.05, 0) is 31.0 Å². The van der Waals surface area contributed by atoms with Gasteiger partial charge >= 0.3 is 19.2 Å². The molecule has 0 radical (unpaired) electrons. The normalized spacial score (nSPS) is 11.2. The number of rotatable bonds is 11. The third kappa shape index (κ3) is 8.20. The summed E-state index contributed by atoms with van der Waals surface area (Å²) >= 11 is 0. The van der Waals surface area contributed by atoms with Gasteiger partial charge in [-0.15, -0.1) is 0 Å². The van der Waals surface area contributed by atoms with Crippen LogP contribution in [0.2, 0.25) is 0 Å². The second kappa shape index (κ2) is 10.3. The van der Waals surface area contributed by atoms with E-state index in [2.05, 4.69) is 14.6 Å². The predicted molar refractivity (Wildman–Crippen MR) is 74.7 cm³/mol. The van der Waals surface area contributed by atoms with Gasteiger partial charge in [0, 0.05) is 12.0 Å². The van der Waals surface area contributed by atoms with Crippen molar-refractivity contribution in [3.05, 3.63) is 23.8 Å². The third-order valence-electron chi connectivity index (χ3n) is 2.55. The lowest BCUT2D eigenvalue weighted by molar-refractivity contribution is -0.137. The number of carboxylic acids is 1. The van der Waals surface area contributed by atoms with E-state index in [4.69, 9.17) is 9.94 Å². The molecule has 134 valence electrons. The number of alkyl halides is 4. The summed E-state index contributed by atoms with van der Waals surface area (Å²) in [7, 11) is 0. The number of hydrogen-bond acceptors (Lipinski definition) is 5. The van der Waals surface area contributed by atoms with Crippen LogP contribution >= 0.6 is 0 Å². The van der Waals surface area contributed by atoms with Crippen LogP contribution < -0.4 is 9.47 Å². The van der Waals surface area contributed by atoms with Gasteiger partial charge in [0.05, 0.1) is 6.21 Å². The summed E-state index contributed by atoms with van der Waals surface area (Å²) in [5, 5.41) is 12.0. The van der Waals surface area contributed by atoms with Gasteiger partial charge in [-0.1, -0.05) is 5.16 Å². The molecule has 6 nitrogen and oxygen atoms in total. The van der Waals surface area contributed by atoms with Gasteiger partial charge < -0.3 is 19.4 Å². The Hall–Kier alpha value is -2.52. The Bertz CT molecular complexity index is 554. The molecule has 1 aromatic carbocycles. The third-order valence-corrected chi connectivity index (χ3v) is 2.55. The highest BCUT2D eigenvalue weighted by Crippen LogP contribution is 2.30. The number of oxime groups is 1. The van der Waals surface area contributed by atoms with Gasteiger partial charge in [-0.25, -0.2) is 0 Å². The molecule has 0 amide bonds. The van der Waals surface area contributed by atoms with Crippen molar-refractivity contribution in [2.24, 2.45) is 5.16 Å². The maximum Gasteiger partial charge on any atom is 0.387 e. The molecule has 0 saturated heterocycles. The van der Waals surface area contributed by atoms with Crippen LogP contribution in [0.1, 0.15) is 24.8 Å². The lowest BCUT2D eigenvalue weighted by atomic mass is 10.2. The maximum absolute atomic E-state index is 12.3. The number of hydrogen-bond donors (Lipinski definition) is 1. The molecule has 0 unspecified atom stereocenters. The highest BCUT2D eigenvalue weighted by atomic mass is 19.3. The van der Waals surface area contributed by atoms with Crippen molar-refractivity contribution in [2.75, 3.05) is 6.61 Å². The van der Waals surface area contributed by atoms with E-state index in [1.165, 1.54) is 12.3 Å². The van der Waals surface area contributed by atoms with Gasteiger partial charge in [-0.3, -0.25) is 4.79 Å². The minimum atomic E-state index is -3.21. The highest BCUT2D eigenvalue weighted by molar-refractivity contribution is 5.80. The van der Waals surface area contributed by atoms with Crippen LogP contribution in [0.25, 0.3) is 0 Å². The van der Waals surface area contributed by atoms with Gasteiger partial charge in [-0.2, -0.15) is 17.6 Å². The van der Waals surface area contributed by atoms with Crippen LogP contribution in [0, 0.1) is 0 Å². The molecule has 0 aliphatic rings. The minimum Gasteiger partial charge on any atom is -0.481 e. The van der Waals surface area contributed by atoms with E-state index in [1.54, 1.807) is 0 Å². The molecular formula is C14H15F4NO5. The largest absolute Gasteiger partial charge is 0.481 e. The average molecular weight is 353 g/mol. The molecule has 0 aliphatic carbocycles. The van der Waals surface area contributed by atoms with E-state index >= 15 is 0 Å². The molecule has 0 spiro atoms. The first kappa shape index (κ1) is 19.5. The second-order valence-electron chi connectivity index (χ2n) is 4.38. The summed E-state index contributed by atoms with van der Waals surface area (Å²) in [5.41, 5.74) is 0.262. The zero-order chi connectivity index (χ0) is 17.9. The molecule has 0 atom stereocenters. The van der Waals surface area contributed by atoms with E-state index in [0.717, 1.165) is 12.1 Å². The Kier molecular flexibility index (Phi) is 8.37. The number of halogens is 4. The minimum absolute atomic E-state index is 0.0208. The van der Waals surface area contributed by atoms with Gasteiger partial charge in [0.25, 0.3) is 0 Å². The van der Waals surface area contributed by atoms with Crippen molar-refractivity contribution in [1.82, 2.24) is 0 Å². The molecule has 0 aromatic heterocycles. The Labute approximate surface area is 134 Å². The monoisotopic (exact) mass is 353 g/mol. The number of ether oxygens (including phenoxy) is 2. The van der Waals surface area contributed by atoms with Crippen LogP contribution in [0.4, 0.5) is 17.6 Å². The number of benzene rings is 1. The summed E-state index contributed by atoms with van der Waals surface area (Å²) in [6, 6.07) is 3.38. The zero-order valence-corrected chi connectivity index (χ0v) is 12.3. The standard InChI is InChI=1S/C14H15F4NO5/c15-13(16)23-10-5-4-9(7-11(10)24-14(17)18)8-19-22-6-2-1-3-12(20)21/h4-5,7-8,13-14H,1-3,6H2,(H,20,21)/b19-8+. The van der Waals surface area contributed by atoms with Gasteiger partial charge in [0.15, 0.2) is 11.5 Å². The van der Waals surface area contributed by atoms with Gasteiger partial charge in [0.1, 0.15) is 6.61 Å². The van der Waals surface area contributed by atoms with Crippen molar-refractivity contribution in [3.8, 4) is 11.5 Å². The highest BCUT2D eigenvalue weighted by Gasteiger charge is 2.15. The van der Waals surface area contributed by atoms with E-state index in [1.807, 2.05) is 0 Å². The first-order chi connectivity index (χ1) is 11.4. The topological polar surface area (TPSA) is 77.4 Å². The van der Waals surface area contributed by atoms with Crippen LogP contribution in [-0.4, -0.2) is 37.1 Å². The molecule has 1 rings (SSSR count). The molecule has 10 heteroatoms. The first-order valence-corrected chi connectivity index (χ1v) is 6.79. The molecule has 0 aliphatic heterocycles. The molecule has 1 aromatic rings. The Morgan fingerprint density at radius 1 is 1.12 bits per heavy atom. The number of carboxylic acid groups (broad SMARTS) is 1. The van der Waals surface area contributed by atoms with Crippen LogP contribution in [0.15, 0.2) is 23.4 Å². The average Bonchev–Trinajstić information content (AvgIpc) is 2.47. The summed E-state index contributed by atoms with van der Waals surface area (Å²) in [4.78, 5) is 15.2. The van der Waals surface area contributed by atoms with E-state index in [9.17, 15) is 22.4 Å². The van der Waals surface area contributed by atoms with Crippen molar-refractivity contribution in [2.45, 2.75) is 32.5 Å². The first-order valence-electron chi connectivity index (χ1n) is 6.79. The van der Waals surface area contributed by atoms with Gasteiger partial charge in [0.2, 0.25) is 0 Å². The predicted octanol–water partition coefficient (Wildman–Crippen LogP) is 3.49. The summed E-state index contributed by atoms with van der Waals surface area (Å²) in [6.45, 7) is -6.21. The van der Waals surface area contributed by atoms with E-state index in [0.29, 0.717) is 12.8 Å². The second-order valence-corrected chi connectivity index (χ2v) is 4.38. The zero-order valence-electron chi connectivity index (χ0n) is 12.3. The van der Waals surface area contributed by atoms with Crippen LogP contribution in [0.3, 0.4) is 0 Å². The molecule has 0 fully saturated rings. The Morgan fingerprint density at radius 2 is 1.79 bits per heavy atom. The Balaban J connectivity index is 2.58. The van der Waals surface area contributed by atoms with E-state index in [-0.39, 0.29) is 18.6 Å². The fraction of sp³-hybridized carbons (Fsp3) is 0.429. The lowest BCUT2D eigenvalue weighted by Crippen LogP contribution is -2.08. The summed E-state index contributed by atoms with van der Waals surface area (Å²) in [6.07, 6.45) is 2.09. The number of aliphatic carboxylic acids is 1. The van der Waals surface area contributed by atoms with Crippen molar-refractivity contribution < 1.29 is 41.8 Å². The van der Waals surface area contributed by atoms with Crippen molar-refractivity contribution >= 4 is 12.2 Å². The van der Waals surface area contributed by atoms with E-state index < -0.39 is 30.7 Å². The Morgan fingerprint density at radius 3 is 2.42 bits per heavy atom. The quantitative estimate of drug-likeness (QED) is 0.285. The molecule has 0 bridgehead atoms. The number of unbranched alkanes of at least 4 members (excludes halogenated alkanes) is 1. The molecular weight excluding hydrogens is 338 g/mol. The fourth-order valence-electron chi connectivity index (χ4n) is 1.58. The van der Waals surface area contributed by atoms with Crippen LogP contribution in [-0.2, 0) is 9.63 Å². The smallest absolute Gasteiger partial charge is 0.387 e. The lowest BCUT2D eigenvalue weighted by Gasteiger charge is -2.11. The van der Waals surface area contributed by atoms with Crippen molar-refractivity contribution in [1.29, 1.82) is 0 Å². The molecule has 24 heavy (non-hydrogen) atoms. The summed E-state index contributed by atoms with van der Waals surface area (Å²) < 4.78 is 57.1. The number of nitrogens with zero attached hydrogens (tertiary/aromatic N) is 1. The fourth-order valence-corrected chi connectivity index (χ4v) is 1.58. The summed E-state index contributed by atoms with van der Waals surface area (Å²) in [5.74, 6) is -2.00. The molecule has 1 N–H and O–H groups in total. The molecule has 0 saturated carbocycles. The maximum atomic E-state index is 12.3. The number of carbonyl (C=O) groups is 1. The van der Waals surface area contributed by atoms with Crippen LogP contribution in [0.5, 0.6) is 11.5 Å². The SMILES string of the molecule is O=C(O)CCCCO/N=C/c1ccc(OC(F)F)c(OC(F)F)c1. The van der Waals surface area contributed by atoms with Crippen molar-refractivity contribution in [3.63, 3.8) is 0 Å². The molecule has 0 heterocycles.